The Morgan fingerprint density at radius 2 is 2.06 bits per heavy atom. The quantitative estimate of drug-likeness (QED) is 0.694. The summed E-state index contributed by atoms with van der Waals surface area (Å²) in [6.07, 6.45) is 6.52. The van der Waals surface area contributed by atoms with Crippen LogP contribution in [0.3, 0.4) is 0 Å². The summed E-state index contributed by atoms with van der Waals surface area (Å²) < 4.78 is 5.83. The molecule has 0 aromatic heterocycles. The Balaban J connectivity index is 2.02. The van der Waals surface area contributed by atoms with Gasteiger partial charge in [-0.1, -0.05) is 34.1 Å². The van der Waals surface area contributed by atoms with E-state index in [0.29, 0.717) is 6.42 Å². The second-order valence-corrected chi connectivity index (χ2v) is 6.89. The van der Waals surface area contributed by atoms with Crippen molar-refractivity contribution in [2.75, 3.05) is 0 Å². The van der Waals surface area contributed by atoms with Crippen molar-refractivity contribution in [3.8, 4) is 0 Å². The minimum Gasteiger partial charge on any atom is -0.461 e. The van der Waals surface area contributed by atoms with E-state index >= 15 is 0 Å². The largest absolute Gasteiger partial charge is 0.461 e. The monoisotopic (exact) mass is 238 g/mol. The third-order valence-electron chi connectivity index (χ3n) is 5.12. The minimum atomic E-state index is 0.0127. The second kappa shape index (κ2) is 4.29. The Hall–Kier alpha value is -0.530. The van der Waals surface area contributed by atoms with Gasteiger partial charge in [0.25, 0.3) is 0 Å². The number of carbonyl (C=O) groups is 1. The minimum absolute atomic E-state index is 0.0127. The van der Waals surface area contributed by atoms with E-state index in [0.717, 1.165) is 18.8 Å². The molecule has 2 aliphatic rings. The molecule has 2 rings (SSSR count). The van der Waals surface area contributed by atoms with Crippen molar-refractivity contribution in [3.63, 3.8) is 0 Å². The number of fused-ring (bicyclic) bond motifs is 2. The van der Waals surface area contributed by atoms with Crippen LogP contribution < -0.4 is 0 Å². The first kappa shape index (κ1) is 12.9. The molecule has 3 unspecified atom stereocenters. The molecule has 0 amide bonds. The maximum atomic E-state index is 11.8. The van der Waals surface area contributed by atoms with E-state index in [1.807, 2.05) is 0 Å². The van der Waals surface area contributed by atoms with Gasteiger partial charge < -0.3 is 4.74 Å². The Morgan fingerprint density at radius 1 is 1.35 bits per heavy atom. The number of hydrogen-bond donors (Lipinski definition) is 0. The summed E-state index contributed by atoms with van der Waals surface area (Å²) in [6, 6.07) is 0. The maximum absolute atomic E-state index is 11.8. The molecule has 0 aromatic carbocycles. The standard InChI is InChI=1S/C15H26O2/c1-5-6-7-12(16)17-13-14(2,3)11-8-9-15(13,4)10-11/h11,13H,5-10H2,1-4H3. The molecule has 2 heteroatoms. The fourth-order valence-electron chi connectivity index (χ4n) is 4.06. The lowest BCUT2D eigenvalue weighted by Gasteiger charge is -2.41. The zero-order valence-corrected chi connectivity index (χ0v) is 11.7. The van der Waals surface area contributed by atoms with Crippen LogP contribution in [0, 0.1) is 16.7 Å². The molecule has 0 heterocycles. The van der Waals surface area contributed by atoms with Crippen LogP contribution in [-0.4, -0.2) is 12.1 Å². The van der Waals surface area contributed by atoms with Gasteiger partial charge in [0.1, 0.15) is 6.10 Å². The first-order chi connectivity index (χ1) is 7.90. The van der Waals surface area contributed by atoms with Crippen LogP contribution in [-0.2, 0) is 9.53 Å². The van der Waals surface area contributed by atoms with Crippen LogP contribution in [0.5, 0.6) is 0 Å². The molecule has 3 atom stereocenters. The van der Waals surface area contributed by atoms with E-state index in [1.54, 1.807) is 0 Å². The van der Waals surface area contributed by atoms with E-state index in [2.05, 4.69) is 27.7 Å². The van der Waals surface area contributed by atoms with Crippen molar-refractivity contribution < 1.29 is 9.53 Å². The van der Waals surface area contributed by atoms with Crippen LogP contribution in [0.15, 0.2) is 0 Å². The number of esters is 1. The average molecular weight is 238 g/mol. The molecule has 2 saturated carbocycles. The van der Waals surface area contributed by atoms with Crippen LogP contribution in [0.4, 0.5) is 0 Å². The second-order valence-electron chi connectivity index (χ2n) is 6.89. The number of ether oxygens (including phenoxy) is 1. The molecule has 98 valence electrons. The van der Waals surface area contributed by atoms with Crippen molar-refractivity contribution >= 4 is 5.97 Å². The fraction of sp³-hybridized carbons (Fsp3) is 0.933. The third-order valence-corrected chi connectivity index (χ3v) is 5.12. The van der Waals surface area contributed by atoms with Gasteiger partial charge in [-0.2, -0.15) is 0 Å². The van der Waals surface area contributed by atoms with Crippen LogP contribution >= 0.6 is 0 Å². The first-order valence-corrected chi connectivity index (χ1v) is 7.09. The highest BCUT2D eigenvalue weighted by atomic mass is 16.5. The van der Waals surface area contributed by atoms with E-state index in [4.69, 9.17) is 4.74 Å². The van der Waals surface area contributed by atoms with Gasteiger partial charge in [-0.15, -0.1) is 0 Å². The molecule has 0 radical (unpaired) electrons. The van der Waals surface area contributed by atoms with Crippen LogP contribution in [0.25, 0.3) is 0 Å². The molecule has 2 nitrogen and oxygen atoms in total. The smallest absolute Gasteiger partial charge is 0.306 e. The zero-order chi connectivity index (χ0) is 12.7. The van der Waals surface area contributed by atoms with Gasteiger partial charge in [-0.25, -0.2) is 0 Å². The normalized spacial score (nSPS) is 38.4. The van der Waals surface area contributed by atoms with Gasteiger partial charge >= 0.3 is 5.97 Å². The van der Waals surface area contributed by atoms with Gasteiger partial charge in [-0.05, 0) is 31.6 Å². The fourth-order valence-corrected chi connectivity index (χ4v) is 4.06. The number of unbranched alkanes of at least 4 members (excludes halogenated alkanes) is 1. The molecule has 0 saturated heterocycles. The Morgan fingerprint density at radius 3 is 2.59 bits per heavy atom. The summed E-state index contributed by atoms with van der Waals surface area (Å²) in [5, 5.41) is 0. The molecule has 0 spiro atoms. The van der Waals surface area contributed by atoms with Crippen molar-refractivity contribution in [2.24, 2.45) is 16.7 Å². The third kappa shape index (κ3) is 2.11. The number of rotatable bonds is 4. The molecule has 2 aliphatic carbocycles. The first-order valence-electron chi connectivity index (χ1n) is 7.09. The van der Waals surface area contributed by atoms with Gasteiger partial charge in [0.2, 0.25) is 0 Å². The number of hydrogen-bond acceptors (Lipinski definition) is 2. The highest BCUT2D eigenvalue weighted by molar-refractivity contribution is 5.69. The Bertz CT molecular complexity index is 303. The Kier molecular flexibility index (Phi) is 3.26. The predicted molar refractivity (Wildman–Crippen MR) is 68.6 cm³/mol. The lowest BCUT2D eigenvalue weighted by Crippen LogP contribution is -2.43. The maximum Gasteiger partial charge on any atom is 0.306 e. The highest BCUT2D eigenvalue weighted by Crippen LogP contribution is 2.63. The van der Waals surface area contributed by atoms with Crippen molar-refractivity contribution in [3.05, 3.63) is 0 Å². The van der Waals surface area contributed by atoms with Crippen molar-refractivity contribution in [1.29, 1.82) is 0 Å². The summed E-state index contributed by atoms with van der Waals surface area (Å²) in [6.45, 7) is 8.97. The van der Waals surface area contributed by atoms with E-state index < -0.39 is 0 Å². The van der Waals surface area contributed by atoms with Gasteiger partial charge in [0.05, 0.1) is 0 Å². The SMILES string of the molecule is CCCCC(=O)OC1C2(C)CCC(C2)C1(C)C. The summed E-state index contributed by atoms with van der Waals surface area (Å²) in [7, 11) is 0. The molecular formula is C15H26O2. The molecule has 2 fully saturated rings. The van der Waals surface area contributed by atoms with E-state index in [9.17, 15) is 4.79 Å². The lowest BCUT2D eigenvalue weighted by molar-refractivity contribution is -0.164. The summed E-state index contributed by atoms with van der Waals surface area (Å²) in [4.78, 5) is 11.8. The van der Waals surface area contributed by atoms with Crippen molar-refractivity contribution in [1.82, 2.24) is 0 Å². The highest BCUT2D eigenvalue weighted by Gasteiger charge is 2.61. The lowest BCUT2D eigenvalue weighted by atomic mass is 9.70. The predicted octanol–water partition coefficient (Wildman–Crippen LogP) is 3.93. The van der Waals surface area contributed by atoms with Gasteiger partial charge in [0, 0.05) is 17.3 Å². The molecule has 0 N–H and O–H groups in total. The van der Waals surface area contributed by atoms with Crippen LogP contribution in [0.2, 0.25) is 0 Å². The average Bonchev–Trinajstić information content (AvgIpc) is 2.73. The molecule has 2 bridgehead atoms. The van der Waals surface area contributed by atoms with E-state index in [1.165, 1.54) is 19.3 Å². The van der Waals surface area contributed by atoms with Crippen LogP contribution in [0.1, 0.15) is 66.2 Å². The zero-order valence-electron chi connectivity index (χ0n) is 11.7. The van der Waals surface area contributed by atoms with Crippen molar-refractivity contribution in [2.45, 2.75) is 72.3 Å². The molecular weight excluding hydrogens is 212 g/mol. The molecule has 0 aromatic rings. The topological polar surface area (TPSA) is 26.3 Å². The Labute approximate surface area is 105 Å². The summed E-state index contributed by atoms with van der Waals surface area (Å²) in [5.74, 6) is 0.759. The van der Waals surface area contributed by atoms with Gasteiger partial charge in [-0.3, -0.25) is 4.79 Å². The molecule has 17 heavy (non-hydrogen) atoms. The summed E-state index contributed by atoms with van der Waals surface area (Å²) >= 11 is 0. The van der Waals surface area contributed by atoms with Gasteiger partial charge in [0.15, 0.2) is 0 Å². The number of carbonyl (C=O) groups excluding carboxylic acids is 1. The molecule has 0 aliphatic heterocycles. The summed E-state index contributed by atoms with van der Waals surface area (Å²) in [5.41, 5.74) is 0.422. The van der Waals surface area contributed by atoms with E-state index in [-0.39, 0.29) is 22.9 Å².